The second-order valence-corrected chi connectivity index (χ2v) is 22.4. The molecule has 0 fully saturated rings. The Labute approximate surface area is 458 Å². The molecule has 0 N–H and O–H groups in total. The molecule has 3 aliphatic carbocycles. The van der Waals surface area contributed by atoms with Crippen LogP contribution in [0.4, 0.5) is 17.1 Å². The smallest absolute Gasteiger partial charge is 0.132 e. The van der Waals surface area contributed by atoms with Gasteiger partial charge in [0.25, 0.3) is 0 Å². The zero-order valence-electron chi connectivity index (χ0n) is 42.4. The van der Waals surface area contributed by atoms with Crippen LogP contribution in [0.3, 0.4) is 0 Å². The normalized spacial score (nSPS) is 15.0. The highest BCUT2D eigenvalue weighted by Gasteiger charge is 2.54. The molecule has 12 aromatic carbocycles. The van der Waals surface area contributed by atoms with Gasteiger partial charge in [-0.05, 0) is 126 Å². The number of benzene rings is 12. The van der Waals surface area contributed by atoms with Gasteiger partial charge < -0.3 is 9.64 Å². The number of fused-ring (bicyclic) bond motifs is 21. The summed E-state index contributed by atoms with van der Waals surface area (Å²) in [5, 5.41) is 0. The topological polar surface area (TPSA) is 12.5 Å². The van der Waals surface area contributed by atoms with E-state index < -0.39 is 16.2 Å². The lowest BCUT2D eigenvalue weighted by Crippen LogP contribution is -2.32. The van der Waals surface area contributed by atoms with Gasteiger partial charge in [-0.25, -0.2) is 0 Å². The van der Waals surface area contributed by atoms with E-state index in [1.165, 1.54) is 98.8 Å². The fourth-order valence-corrected chi connectivity index (χ4v) is 16.3. The first-order valence-electron chi connectivity index (χ1n) is 27.1. The molecule has 5 aliphatic rings. The monoisotopic (exact) mass is 1010 g/mol. The van der Waals surface area contributed by atoms with Gasteiger partial charge in [-0.1, -0.05) is 248 Å². The second kappa shape index (κ2) is 16.3. The van der Waals surface area contributed by atoms with E-state index >= 15 is 0 Å². The Kier molecular flexibility index (Phi) is 9.15. The lowest BCUT2D eigenvalue weighted by molar-refractivity contribution is 0.436. The molecule has 0 amide bonds. The van der Waals surface area contributed by atoms with Gasteiger partial charge in [0.2, 0.25) is 0 Å². The van der Waals surface area contributed by atoms with Crippen molar-refractivity contribution in [1.29, 1.82) is 0 Å². The molecule has 0 radical (unpaired) electrons. The lowest BCUT2D eigenvalue weighted by atomic mass is 9.66. The average Bonchev–Trinajstić information content (AvgIpc) is 4.28. The van der Waals surface area contributed by atoms with Crippen LogP contribution in [-0.4, -0.2) is 0 Å². The average molecular weight is 1010 g/mol. The molecule has 2 heterocycles. The van der Waals surface area contributed by atoms with Crippen molar-refractivity contribution in [3.05, 3.63) is 352 Å². The van der Waals surface area contributed by atoms with Gasteiger partial charge >= 0.3 is 0 Å². The zero-order chi connectivity index (χ0) is 51.2. The van der Waals surface area contributed by atoms with Gasteiger partial charge in [0.1, 0.15) is 11.5 Å². The Balaban J connectivity index is 1.01. The fraction of sp³-hybridized carbons (Fsp3) is 0.0400. The van der Waals surface area contributed by atoms with Crippen molar-refractivity contribution < 1.29 is 4.74 Å². The van der Waals surface area contributed by atoms with Crippen molar-refractivity contribution >= 4 is 28.8 Å². The van der Waals surface area contributed by atoms with E-state index in [0.29, 0.717) is 0 Å². The van der Waals surface area contributed by atoms with Gasteiger partial charge in [0, 0.05) is 37.7 Å². The molecular weight excluding hydrogens is 963 g/mol. The quantitative estimate of drug-likeness (QED) is 0.170. The molecule has 0 aromatic heterocycles. The summed E-state index contributed by atoms with van der Waals surface area (Å²) < 4.78 is 6.86. The fourth-order valence-electron chi connectivity index (χ4n) is 15.1. The Morgan fingerprint density at radius 2 is 0.654 bits per heavy atom. The number of para-hydroxylation sites is 2. The summed E-state index contributed by atoms with van der Waals surface area (Å²) in [4.78, 5) is 5.22. The molecule has 364 valence electrons. The second-order valence-electron chi connectivity index (χ2n) is 21.3. The lowest BCUT2D eigenvalue weighted by Gasteiger charge is -2.40. The summed E-state index contributed by atoms with van der Waals surface area (Å²) in [5.74, 6) is 1.76. The van der Waals surface area contributed by atoms with Crippen molar-refractivity contribution in [2.24, 2.45) is 0 Å². The molecule has 0 saturated carbocycles. The van der Waals surface area contributed by atoms with Crippen molar-refractivity contribution in [2.45, 2.75) is 26.0 Å². The van der Waals surface area contributed by atoms with Gasteiger partial charge in [0.15, 0.2) is 0 Å². The summed E-state index contributed by atoms with van der Waals surface area (Å²) in [5.41, 5.74) is 24.0. The Bertz CT molecular complexity index is 4350. The molecule has 0 saturated heterocycles. The van der Waals surface area contributed by atoms with E-state index in [4.69, 9.17) is 4.74 Å². The molecule has 2 aliphatic heterocycles. The summed E-state index contributed by atoms with van der Waals surface area (Å²) >= 11 is 1.89. The minimum atomic E-state index is -0.664. The maximum absolute atomic E-state index is 6.86. The third kappa shape index (κ3) is 5.48. The van der Waals surface area contributed by atoms with Crippen LogP contribution in [0.25, 0.3) is 33.4 Å². The van der Waals surface area contributed by atoms with Crippen LogP contribution in [-0.2, 0) is 16.2 Å². The molecule has 0 unspecified atom stereocenters. The standard InChI is InChI=1S/C75H47NOS/c1-3-23-48(24-4-1)73(49-25-5-2-6-26-49)56-31-11-8-28-53(56)71-62(73)37-21-39-65(71)76(50-45-46-52-51-27-7-10-30-55(51)74(64(52)47-50)58-33-13-17-41-67(58)77-68-42-18-14-34-59(68)74)66-40-22-38-63-72(66)54-29-9-12-32-57(54)75(63)60-35-15-19-43-69(60)78-70-44-20-16-36-61(70)75/h1-47H. The minimum absolute atomic E-state index is 0.563. The SMILES string of the molecule is c1ccc(C2(c3ccccc3)c3ccccc3-c3c(N(c4ccc5c(c4)C4(c6ccccc6Oc6ccccc64)c4ccccc4-5)c4cccc5c4-c4ccccc4C54c5ccccc5Sc5ccccc54)cccc32)cc1. The number of hydrogen-bond donors (Lipinski definition) is 0. The van der Waals surface area contributed by atoms with E-state index in [2.05, 4.69) is 290 Å². The molecule has 12 aromatic rings. The van der Waals surface area contributed by atoms with Gasteiger partial charge in [-0.3, -0.25) is 0 Å². The number of ether oxygens (including phenoxy) is 1. The van der Waals surface area contributed by atoms with Crippen molar-refractivity contribution in [2.75, 3.05) is 4.90 Å². The highest BCUT2D eigenvalue weighted by atomic mass is 32.2. The van der Waals surface area contributed by atoms with Crippen LogP contribution in [0, 0.1) is 0 Å². The van der Waals surface area contributed by atoms with Crippen molar-refractivity contribution in [3.63, 3.8) is 0 Å². The Hall–Kier alpha value is -9.41. The first-order valence-corrected chi connectivity index (χ1v) is 27.9. The van der Waals surface area contributed by atoms with E-state index in [-0.39, 0.29) is 0 Å². The van der Waals surface area contributed by atoms with Crippen LogP contribution in [0.2, 0.25) is 0 Å². The molecule has 17 rings (SSSR count). The van der Waals surface area contributed by atoms with E-state index in [0.717, 1.165) is 39.7 Å². The van der Waals surface area contributed by atoms with Gasteiger partial charge in [-0.2, -0.15) is 0 Å². The summed E-state index contributed by atoms with van der Waals surface area (Å²) in [6.45, 7) is 0. The maximum atomic E-state index is 6.86. The summed E-state index contributed by atoms with van der Waals surface area (Å²) in [6, 6.07) is 107. The van der Waals surface area contributed by atoms with E-state index in [9.17, 15) is 0 Å². The number of nitrogens with zero attached hydrogens (tertiary/aromatic N) is 1. The van der Waals surface area contributed by atoms with E-state index in [1.807, 2.05) is 11.8 Å². The number of anilines is 3. The number of hydrogen-bond acceptors (Lipinski definition) is 3. The van der Waals surface area contributed by atoms with E-state index in [1.54, 1.807) is 0 Å². The molecule has 2 spiro atoms. The van der Waals surface area contributed by atoms with Gasteiger partial charge in [-0.15, -0.1) is 0 Å². The zero-order valence-corrected chi connectivity index (χ0v) is 43.2. The van der Waals surface area contributed by atoms with Crippen molar-refractivity contribution in [3.8, 4) is 44.9 Å². The first-order chi connectivity index (χ1) is 38.7. The third-order valence-corrected chi connectivity index (χ3v) is 19.0. The first kappa shape index (κ1) is 43.8. The Morgan fingerprint density at radius 1 is 0.269 bits per heavy atom. The molecule has 2 nitrogen and oxygen atoms in total. The summed E-state index contributed by atoms with van der Waals surface area (Å²) in [6.07, 6.45) is 0. The predicted octanol–water partition coefficient (Wildman–Crippen LogP) is 18.8. The predicted molar refractivity (Wildman–Crippen MR) is 317 cm³/mol. The molecular formula is C75H47NOS. The van der Waals surface area contributed by atoms with Crippen molar-refractivity contribution in [1.82, 2.24) is 0 Å². The highest BCUT2D eigenvalue weighted by molar-refractivity contribution is 7.99. The van der Waals surface area contributed by atoms with Crippen LogP contribution in [0.5, 0.6) is 11.5 Å². The molecule has 3 heteroatoms. The highest BCUT2D eigenvalue weighted by Crippen LogP contribution is 2.67. The molecule has 78 heavy (non-hydrogen) atoms. The largest absolute Gasteiger partial charge is 0.457 e. The Morgan fingerprint density at radius 3 is 1.21 bits per heavy atom. The molecule has 0 atom stereocenters. The van der Waals surface area contributed by atoms with Crippen LogP contribution < -0.4 is 9.64 Å². The van der Waals surface area contributed by atoms with Crippen LogP contribution in [0.15, 0.2) is 295 Å². The van der Waals surface area contributed by atoms with Crippen LogP contribution >= 0.6 is 11.8 Å². The molecule has 0 bridgehead atoms. The van der Waals surface area contributed by atoms with Gasteiger partial charge in [0.05, 0.1) is 27.6 Å². The van der Waals surface area contributed by atoms with Crippen LogP contribution in [0.1, 0.15) is 66.8 Å². The maximum Gasteiger partial charge on any atom is 0.132 e. The third-order valence-electron chi connectivity index (χ3n) is 17.9. The summed E-state index contributed by atoms with van der Waals surface area (Å²) in [7, 11) is 0. The minimum Gasteiger partial charge on any atom is -0.457 e. The number of rotatable bonds is 5.